The summed E-state index contributed by atoms with van der Waals surface area (Å²) in [4.78, 5) is 20.8. The molecule has 1 saturated carbocycles. The predicted octanol–water partition coefficient (Wildman–Crippen LogP) is 4.37. The van der Waals surface area contributed by atoms with Crippen molar-refractivity contribution in [2.75, 3.05) is 17.6 Å². The fraction of sp³-hybridized carbons (Fsp3) is 0.250. The van der Waals surface area contributed by atoms with Crippen molar-refractivity contribution < 1.29 is 18.0 Å². The molecule has 0 bridgehead atoms. The molecule has 5 N–H and O–H groups in total. The van der Waals surface area contributed by atoms with Gasteiger partial charge in [0, 0.05) is 31.0 Å². The van der Waals surface area contributed by atoms with Crippen molar-refractivity contribution in [3.63, 3.8) is 0 Å². The monoisotopic (exact) mass is 481 g/mol. The van der Waals surface area contributed by atoms with Crippen molar-refractivity contribution >= 4 is 28.6 Å². The van der Waals surface area contributed by atoms with Gasteiger partial charge in [0.25, 0.3) is 5.91 Å². The number of anilines is 2. The molecular formula is C24H22F3N7O. The molecule has 3 aromatic heterocycles. The molecule has 1 aliphatic carbocycles. The molecule has 0 atom stereocenters. The minimum Gasteiger partial charge on any atom is -0.382 e. The van der Waals surface area contributed by atoms with Crippen LogP contribution in [0.25, 0.3) is 22.2 Å². The van der Waals surface area contributed by atoms with Crippen LogP contribution in [0.4, 0.5) is 24.8 Å². The van der Waals surface area contributed by atoms with Gasteiger partial charge in [-0.25, -0.2) is 9.97 Å². The Morgan fingerprint density at radius 3 is 2.57 bits per heavy atom. The zero-order valence-electron chi connectivity index (χ0n) is 18.5. The Labute approximate surface area is 198 Å². The normalized spacial score (nSPS) is 13.7. The summed E-state index contributed by atoms with van der Waals surface area (Å²) in [5, 5.41) is 13.1. The number of hydrogen-bond acceptors (Lipinski definition) is 6. The first-order chi connectivity index (χ1) is 16.8. The number of amides is 1. The van der Waals surface area contributed by atoms with Crippen LogP contribution < -0.4 is 16.4 Å². The number of nitrogens with two attached hydrogens (primary N) is 1. The number of carbonyl (C=O) groups excluding carboxylic acids is 1. The van der Waals surface area contributed by atoms with Gasteiger partial charge in [0.2, 0.25) is 0 Å². The Morgan fingerprint density at radius 2 is 1.86 bits per heavy atom. The summed E-state index contributed by atoms with van der Waals surface area (Å²) in [7, 11) is 0. The molecule has 1 fully saturated rings. The lowest BCUT2D eigenvalue weighted by Gasteiger charge is -2.14. The van der Waals surface area contributed by atoms with E-state index >= 15 is 0 Å². The number of alkyl halides is 3. The van der Waals surface area contributed by atoms with Gasteiger partial charge in [0.05, 0.1) is 16.5 Å². The molecule has 0 radical (unpaired) electrons. The number of nitrogen functional groups attached to an aromatic ring is 1. The lowest BCUT2D eigenvalue weighted by molar-refractivity contribution is -0.137. The molecule has 11 heteroatoms. The van der Waals surface area contributed by atoms with Crippen LogP contribution in [0.15, 0.2) is 48.8 Å². The molecule has 1 aromatic carbocycles. The van der Waals surface area contributed by atoms with Gasteiger partial charge in [0.1, 0.15) is 5.82 Å². The van der Waals surface area contributed by atoms with Gasteiger partial charge in [-0.2, -0.15) is 18.3 Å². The molecule has 5 rings (SSSR count). The Bertz CT molecular complexity index is 1380. The number of halogens is 3. The Morgan fingerprint density at radius 1 is 1.09 bits per heavy atom. The molecule has 0 unspecified atom stereocenters. The summed E-state index contributed by atoms with van der Waals surface area (Å²) in [5.74, 6) is 0.292. The number of rotatable bonds is 7. The predicted molar refractivity (Wildman–Crippen MR) is 125 cm³/mol. The first-order valence-corrected chi connectivity index (χ1v) is 11.1. The zero-order valence-corrected chi connectivity index (χ0v) is 18.5. The molecule has 1 amide bonds. The lowest BCUT2D eigenvalue weighted by Crippen LogP contribution is -2.27. The highest BCUT2D eigenvalue weighted by Gasteiger charge is 2.33. The summed E-state index contributed by atoms with van der Waals surface area (Å²) < 4.78 is 39.6. The van der Waals surface area contributed by atoms with Crippen LogP contribution in [0.1, 0.15) is 34.3 Å². The van der Waals surface area contributed by atoms with Gasteiger partial charge in [0.15, 0.2) is 11.5 Å². The second-order valence-corrected chi connectivity index (χ2v) is 8.55. The molecule has 180 valence electrons. The van der Waals surface area contributed by atoms with Gasteiger partial charge in [-0.05, 0) is 42.0 Å². The Balaban J connectivity index is 1.32. The lowest BCUT2D eigenvalue weighted by atomic mass is 10.0. The number of nitrogens with zero attached hydrogens (tertiary/aromatic N) is 3. The highest BCUT2D eigenvalue weighted by Crippen LogP contribution is 2.32. The molecule has 4 aromatic rings. The van der Waals surface area contributed by atoms with Gasteiger partial charge in [-0.1, -0.05) is 24.3 Å². The van der Waals surface area contributed by atoms with Gasteiger partial charge < -0.3 is 16.4 Å². The van der Waals surface area contributed by atoms with Crippen molar-refractivity contribution in [2.45, 2.75) is 25.6 Å². The van der Waals surface area contributed by atoms with Crippen LogP contribution in [-0.2, 0) is 12.7 Å². The first-order valence-electron chi connectivity index (χ1n) is 11.1. The molecule has 0 spiro atoms. The first kappa shape index (κ1) is 22.6. The van der Waals surface area contributed by atoms with Crippen molar-refractivity contribution in [1.82, 2.24) is 25.5 Å². The molecule has 0 aliphatic heterocycles. The maximum absolute atomic E-state index is 13.2. The number of pyridine rings is 2. The number of fused-ring (bicyclic) bond motifs is 1. The van der Waals surface area contributed by atoms with Crippen LogP contribution in [0, 0.1) is 5.92 Å². The SMILES string of the molecule is Nc1n[nH]c2ncc(-c3ccc(CNc4ncc(C(F)(F)F)cc4C(=O)NCC4CC4)cc3)cc12. The number of carbonyl (C=O) groups is 1. The Kier molecular flexibility index (Phi) is 5.75. The van der Waals surface area contributed by atoms with Crippen LogP contribution in [0.2, 0.25) is 0 Å². The molecule has 0 saturated heterocycles. The third-order valence-corrected chi connectivity index (χ3v) is 5.90. The van der Waals surface area contributed by atoms with Gasteiger partial charge in [-0.15, -0.1) is 0 Å². The van der Waals surface area contributed by atoms with Crippen LogP contribution in [0.3, 0.4) is 0 Å². The van der Waals surface area contributed by atoms with Crippen LogP contribution >= 0.6 is 0 Å². The fourth-order valence-corrected chi connectivity index (χ4v) is 3.67. The third kappa shape index (κ3) is 5.03. The average molecular weight is 481 g/mol. The van der Waals surface area contributed by atoms with E-state index < -0.39 is 17.6 Å². The van der Waals surface area contributed by atoms with E-state index in [0.29, 0.717) is 23.9 Å². The van der Waals surface area contributed by atoms with E-state index in [-0.39, 0.29) is 17.9 Å². The number of nitrogens with one attached hydrogen (secondary N) is 3. The highest BCUT2D eigenvalue weighted by atomic mass is 19.4. The minimum absolute atomic E-state index is 0.0976. The number of hydrogen-bond donors (Lipinski definition) is 4. The number of aromatic amines is 1. The number of benzene rings is 1. The molecule has 1 aliphatic rings. The third-order valence-electron chi connectivity index (χ3n) is 5.90. The fourth-order valence-electron chi connectivity index (χ4n) is 3.67. The van der Waals surface area contributed by atoms with Crippen molar-refractivity contribution in [2.24, 2.45) is 5.92 Å². The van der Waals surface area contributed by atoms with E-state index in [9.17, 15) is 18.0 Å². The van der Waals surface area contributed by atoms with E-state index in [4.69, 9.17) is 5.73 Å². The standard InChI is InChI=1S/C24H22F3N7O/c25-24(26,27)17-8-19(23(35)32-10-13-1-2-13)21(31-12-17)29-9-14-3-5-15(6-4-14)16-7-18-20(28)33-34-22(18)30-11-16/h3-8,11-13H,1-2,9-10H2,(H,29,31)(H,32,35)(H3,28,30,33,34). The second kappa shape index (κ2) is 8.90. The van der Waals surface area contributed by atoms with Crippen LogP contribution in [-0.4, -0.2) is 32.6 Å². The van der Waals surface area contributed by atoms with E-state index in [1.165, 1.54) is 0 Å². The summed E-state index contributed by atoms with van der Waals surface area (Å²) in [5.41, 5.74) is 8.00. The van der Waals surface area contributed by atoms with Crippen molar-refractivity contribution in [3.05, 3.63) is 65.5 Å². The molecule has 8 nitrogen and oxygen atoms in total. The smallest absolute Gasteiger partial charge is 0.382 e. The largest absolute Gasteiger partial charge is 0.417 e. The summed E-state index contributed by atoms with van der Waals surface area (Å²) in [6, 6.07) is 10.3. The summed E-state index contributed by atoms with van der Waals surface area (Å²) in [6.45, 7) is 0.717. The average Bonchev–Trinajstić information content (AvgIpc) is 3.62. The van der Waals surface area contributed by atoms with Crippen molar-refractivity contribution in [3.8, 4) is 11.1 Å². The quantitative estimate of drug-likeness (QED) is 0.311. The van der Waals surface area contributed by atoms with E-state index in [2.05, 4.69) is 30.8 Å². The van der Waals surface area contributed by atoms with E-state index in [1.54, 1.807) is 6.20 Å². The zero-order chi connectivity index (χ0) is 24.6. The molecule has 3 heterocycles. The maximum Gasteiger partial charge on any atom is 0.417 e. The summed E-state index contributed by atoms with van der Waals surface area (Å²) in [6.07, 6.45) is -0.116. The summed E-state index contributed by atoms with van der Waals surface area (Å²) >= 11 is 0. The molecular weight excluding hydrogens is 459 g/mol. The number of aromatic nitrogens is 4. The highest BCUT2D eigenvalue weighted by molar-refractivity contribution is 5.99. The minimum atomic E-state index is -4.59. The van der Waals surface area contributed by atoms with Gasteiger partial charge in [-0.3, -0.25) is 9.89 Å². The van der Waals surface area contributed by atoms with E-state index in [0.717, 1.165) is 47.2 Å². The van der Waals surface area contributed by atoms with Crippen LogP contribution in [0.5, 0.6) is 0 Å². The van der Waals surface area contributed by atoms with Crippen molar-refractivity contribution in [1.29, 1.82) is 0 Å². The number of H-pyrrole nitrogens is 1. The van der Waals surface area contributed by atoms with E-state index in [1.807, 2.05) is 30.3 Å². The topological polar surface area (TPSA) is 122 Å². The maximum atomic E-state index is 13.2. The molecule has 35 heavy (non-hydrogen) atoms. The second-order valence-electron chi connectivity index (χ2n) is 8.55. The Hall–Kier alpha value is -4.15. The van der Waals surface area contributed by atoms with Gasteiger partial charge >= 0.3 is 6.18 Å².